The molecule has 2 aromatic carbocycles. The van der Waals surface area contributed by atoms with Gasteiger partial charge in [-0.3, -0.25) is 0 Å². The van der Waals surface area contributed by atoms with Crippen LogP contribution in [0.25, 0.3) is 11.1 Å². The molecule has 2 N–H and O–H groups in total. The highest BCUT2D eigenvalue weighted by Gasteiger charge is 2.29. The summed E-state index contributed by atoms with van der Waals surface area (Å²) in [5.74, 6) is -1.14. The minimum Gasteiger partial charge on any atom is -0.480 e. The third kappa shape index (κ3) is 4.20. The van der Waals surface area contributed by atoms with Gasteiger partial charge in [-0.15, -0.1) is 0 Å². The molecule has 0 unspecified atom stereocenters. The number of nitrogens with one attached hydrogen (secondary N) is 1. The van der Waals surface area contributed by atoms with Crippen molar-refractivity contribution in [2.24, 2.45) is 0 Å². The van der Waals surface area contributed by atoms with E-state index in [9.17, 15) is 14.7 Å². The van der Waals surface area contributed by atoms with Crippen LogP contribution < -0.4 is 5.32 Å². The number of nitrogens with zero attached hydrogens (tertiary/aromatic N) is 2. The maximum Gasteiger partial charge on any atom is 0.407 e. The van der Waals surface area contributed by atoms with Gasteiger partial charge in [0, 0.05) is 24.9 Å². The van der Waals surface area contributed by atoms with Gasteiger partial charge in [0.25, 0.3) is 0 Å². The van der Waals surface area contributed by atoms with E-state index in [1.54, 1.807) is 12.5 Å². The van der Waals surface area contributed by atoms with E-state index >= 15 is 0 Å². The van der Waals surface area contributed by atoms with E-state index in [4.69, 9.17) is 4.74 Å². The Morgan fingerprint density at radius 2 is 1.77 bits per heavy atom. The van der Waals surface area contributed by atoms with Gasteiger partial charge in [0.2, 0.25) is 0 Å². The Bertz CT molecular complexity index is 987. The van der Waals surface area contributed by atoms with Crippen LogP contribution in [0.2, 0.25) is 0 Å². The lowest BCUT2D eigenvalue weighted by Crippen LogP contribution is -2.41. The summed E-state index contributed by atoms with van der Waals surface area (Å²) in [4.78, 5) is 27.8. The summed E-state index contributed by atoms with van der Waals surface area (Å²) in [5.41, 5.74) is 4.51. The van der Waals surface area contributed by atoms with Gasteiger partial charge in [-0.25, -0.2) is 14.6 Å². The molecule has 7 heteroatoms. The van der Waals surface area contributed by atoms with Gasteiger partial charge in [-0.05, 0) is 35.1 Å². The van der Waals surface area contributed by atoms with E-state index in [1.165, 1.54) is 0 Å². The topological polar surface area (TPSA) is 93.5 Å². The van der Waals surface area contributed by atoms with Crippen molar-refractivity contribution < 1.29 is 19.4 Å². The third-order valence-electron chi connectivity index (χ3n) is 5.40. The van der Waals surface area contributed by atoms with Gasteiger partial charge in [-0.2, -0.15) is 0 Å². The van der Waals surface area contributed by atoms with Gasteiger partial charge < -0.3 is 19.7 Å². The second-order valence-electron chi connectivity index (χ2n) is 7.30. The van der Waals surface area contributed by atoms with Crippen molar-refractivity contribution in [2.45, 2.75) is 31.3 Å². The highest BCUT2D eigenvalue weighted by Crippen LogP contribution is 2.44. The number of carboxylic acid groups (broad SMARTS) is 1. The minimum atomic E-state index is -1.07. The molecule has 4 rings (SSSR count). The first-order valence-electron chi connectivity index (χ1n) is 9.93. The van der Waals surface area contributed by atoms with Crippen molar-refractivity contribution in [3.8, 4) is 11.1 Å². The van der Waals surface area contributed by atoms with Crippen LogP contribution in [-0.4, -0.2) is 39.4 Å². The molecule has 0 saturated carbocycles. The van der Waals surface area contributed by atoms with Crippen molar-refractivity contribution in [3.63, 3.8) is 0 Å². The van der Waals surface area contributed by atoms with Crippen molar-refractivity contribution >= 4 is 12.1 Å². The second kappa shape index (κ2) is 8.82. The van der Waals surface area contributed by atoms with E-state index in [1.807, 2.05) is 47.2 Å². The summed E-state index contributed by atoms with van der Waals surface area (Å²) >= 11 is 0. The number of rotatable bonds is 8. The SMILES string of the molecule is O=C(N[C@@H](CCCn1ccnc1)C(=O)O)OCC1c2ccccc2-c2ccccc21. The molecule has 154 valence electrons. The Labute approximate surface area is 174 Å². The molecule has 1 atom stereocenters. The van der Waals surface area contributed by atoms with Gasteiger partial charge in [0.1, 0.15) is 12.6 Å². The molecule has 0 fully saturated rings. The second-order valence-corrected chi connectivity index (χ2v) is 7.30. The third-order valence-corrected chi connectivity index (χ3v) is 5.40. The van der Waals surface area contributed by atoms with Crippen LogP contribution in [0.3, 0.4) is 0 Å². The number of aromatic nitrogens is 2. The number of carbonyl (C=O) groups is 2. The molecule has 1 amide bonds. The Morgan fingerprint density at radius 3 is 2.37 bits per heavy atom. The molecule has 1 aliphatic carbocycles. The Morgan fingerprint density at radius 1 is 1.10 bits per heavy atom. The molecule has 1 aliphatic rings. The largest absolute Gasteiger partial charge is 0.480 e. The number of hydrogen-bond donors (Lipinski definition) is 2. The Kier molecular flexibility index (Phi) is 5.79. The molecule has 0 radical (unpaired) electrons. The summed E-state index contributed by atoms with van der Waals surface area (Å²) < 4.78 is 7.31. The quantitative estimate of drug-likeness (QED) is 0.597. The molecule has 1 heterocycles. The highest BCUT2D eigenvalue weighted by molar-refractivity contribution is 5.81. The van der Waals surface area contributed by atoms with Crippen LogP contribution in [0.4, 0.5) is 4.79 Å². The van der Waals surface area contributed by atoms with Gasteiger partial charge in [0.05, 0.1) is 6.33 Å². The lowest BCUT2D eigenvalue weighted by Gasteiger charge is -2.17. The van der Waals surface area contributed by atoms with Crippen LogP contribution in [0.15, 0.2) is 67.3 Å². The summed E-state index contributed by atoms with van der Waals surface area (Å²) in [6.07, 6.45) is 5.34. The van der Waals surface area contributed by atoms with Gasteiger partial charge in [0.15, 0.2) is 0 Å². The number of amides is 1. The van der Waals surface area contributed by atoms with Gasteiger partial charge >= 0.3 is 12.1 Å². The van der Waals surface area contributed by atoms with E-state index in [0.29, 0.717) is 19.4 Å². The number of carboxylic acids is 1. The molecule has 3 aromatic rings. The molecular weight excluding hydrogens is 382 g/mol. The summed E-state index contributed by atoms with van der Waals surface area (Å²) in [7, 11) is 0. The molecule has 30 heavy (non-hydrogen) atoms. The average Bonchev–Trinajstić information content (AvgIpc) is 3.38. The maximum atomic E-state index is 12.3. The fourth-order valence-corrected chi connectivity index (χ4v) is 3.94. The van der Waals surface area contributed by atoms with Crippen LogP contribution >= 0.6 is 0 Å². The number of imidazole rings is 1. The van der Waals surface area contributed by atoms with Crippen molar-refractivity contribution in [3.05, 3.63) is 78.4 Å². The molecular formula is C23H23N3O4. The monoisotopic (exact) mass is 405 g/mol. The first-order chi connectivity index (χ1) is 14.6. The number of fused-ring (bicyclic) bond motifs is 3. The standard InChI is InChI=1S/C23H23N3O4/c27-22(28)21(10-5-12-26-13-11-24-15-26)25-23(29)30-14-20-18-8-3-1-6-16(18)17-7-2-4-9-19(17)20/h1-4,6-9,11,13,15,20-21H,5,10,12,14H2,(H,25,29)(H,27,28)/t21-/m0/s1. The summed E-state index contributed by atoms with van der Waals surface area (Å²) in [6, 6.07) is 15.1. The number of carbonyl (C=O) groups excluding carboxylic acids is 1. The molecule has 0 aliphatic heterocycles. The summed E-state index contributed by atoms with van der Waals surface area (Å²) in [5, 5.41) is 11.9. The number of hydrogen-bond acceptors (Lipinski definition) is 4. The van der Waals surface area contributed by atoms with Crippen LogP contribution in [-0.2, 0) is 16.1 Å². The van der Waals surface area contributed by atoms with Crippen molar-refractivity contribution in [2.75, 3.05) is 6.61 Å². The predicted molar refractivity (Wildman–Crippen MR) is 111 cm³/mol. The summed E-state index contributed by atoms with van der Waals surface area (Å²) in [6.45, 7) is 0.789. The van der Waals surface area contributed by atoms with Crippen LogP contribution in [0.5, 0.6) is 0 Å². The van der Waals surface area contributed by atoms with E-state index in [2.05, 4.69) is 22.4 Å². The normalized spacial score (nSPS) is 13.3. The van der Waals surface area contributed by atoms with Gasteiger partial charge in [-0.1, -0.05) is 48.5 Å². The number of ether oxygens (including phenoxy) is 1. The average molecular weight is 405 g/mol. The fourth-order valence-electron chi connectivity index (χ4n) is 3.94. The zero-order valence-electron chi connectivity index (χ0n) is 16.4. The fraction of sp³-hybridized carbons (Fsp3) is 0.261. The number of alkyl carbamates (subject to hydrolysis) is 1. The molecule has 0 saturated heterocycles. The number of aliphatic carboxylic acids is 1. The van der Waals surface area contributed by atoms with Crippen molar-refractivity contribution in [1.82, 2.24) is 14.9 Å². The van der Waals surface area contributed by atoms with Crippen molar-refractivity contribution in [1.29, 1.82) is 0 Å². The Balaban J connectivity index is 1.35. The lowest BCUT2D eigenvalue weighted by atomic mass is 9.98. The molecule has 0 bridgehead atoms. The Hall–Kier alpha value is -3.61. The smallest absolute Gasteiger partial charge is 0.407 e. The van der Waals surface area contributed by atoms with E-state index in [-0.39, 0.29) is 12.5 Å². The zero-order valence-corrected chi connectivity index (χ0v) is 16.4. The molecule has 1 aromatic heterocycles. The number of benzene rings is 2. The maximum absolute atomic E-state index is 12.3. The predicted octanol–water partition coefficient (Wildman–Crippen LogP) is 3.66. The number of aryl methyl sites for hydroxylation is 1. The molecule has 7 nitrogen and oxygen atoms in total. The first kappa shape index (κ1) is 19.7. The van der Waals surface area contributed by atoms with Crippen LogP contribution in [0.1, 0.15) is 29.9 Å². The highest BCUT2D eigenvalue weighted by atomic mass is 16.5. The first-order valence-corrected chi connectivity index (χ1v) is 9.93. The molecule has 0 spiro atoms. The zero-order chi connectivity index (χ0) is 20.9. The lowest BCUT2D eigenvalue weighted by molar-refractivity contribution is -0.139. The minimum absolute atomic E-state index is 0.0623. The van der Waals surface area contributed by atoms with E-state index < -0.39 is 18.1 Å². The van der Waals surface area contributed by atoms with E-state index in [0.717, 1.165) is 22.3 Å². The van der Waals surface area contributed by atoms with Crippen LogP contribution in [0, 0.1) is 0 Å².